The Morgan fingerprint density at radius 3 is 2.33 bits per heavy atom. The van der Waals surface area contributed by atoms with E-state index >= 15 is 0 Å². The van der Waals surface area contributed by atoms with Gasteiger partial charge in [0.15, 0.2) is 11.5 Å². The number of rotatable bonds is 11. The molecule has 2 aliphatic heterocycles. The summed E-state index contributed by atoms with van der Waals surface area (Å²) in [5, 5.41) is 11.1. The molecule has 40 heavy (non-hydrogen) atoms. The van der Waals surface area contributed by atoms with E-state index in [9.17, 15) is 9.90 Å². The van der Waals surface area contributed by atoms with Gasteiger partial charge in [-0.1, -0.05) is 48.0 Å². The zero-order valence-corrected chi connectivity index (χ0v) is 26.0. The smallest absolute Gasteiger partial charge is 0.233 e. The van der Waals surface area contributed by atoms with Crippen LogP contribution in [0, 0.1) is 0 Å². The number of aromatic hydroxyl groups is 1. The standard InChI is InChI=1S/C32H46N2O5S/c1-31(2,3)24-17-22(18-25(29(24)36)32(4,5)6)30-34(28(35)20-40-30)14-10-8-9-13-33(7)15-16-37-23-11-12-26-27(19-23)39-21-38-26/h11-12,17-19,30,36H,8-10,13-16,20-21H2,1-7H3. The average Bonchev–Trinajstić information content (AvgIpc) is 3.48. The predicted molar refractivity (Wildman–Crippen MR) is 162 cm³/mol. The minimum Gasteiger partial charge on any atom is -0.507 e. The van der Waals surface area contributed by atoms with Gasteiger partial charge in [0.1, 0.15) is 23.5 Å². The highest BCUT2D eigenvalue weighted by Gasteiger charge is 2.35. The molecule has 1 unspecified atom stereocenters. The van der Waals surface area contributed by atoms with Gasteiger partial charge in [-0.25, -0.2) is 0 Å². The average molecular weight is 571 g/mol. The number of unbranched alkanes of at least 4 members (excludes halogenated alkanes) is 2. The van der Waals surface area contributed by atoms with Crippen molar-refractivity contribution in [3.05, 3.63) is 47.0 Å². The van der Waals surface area contributed by atoms with Crippen LogP contribution in [0.2, 0.25) is 0 Å². The topological polar surface area (TPSA) is 71.5 Å². The number of nitrogens with zero attached hydrogens (tertiary/aromatic N) is 2. The van der Waals surface area contributed by atoms with Crippen LogP contribution in [0.5, 0.6) is 23.0 Å². The van der Waals surface area contributed by atoms with Gasteiger partial charge in [-0.2, -0.15) is 0 Å². The number of ether oxygens (including phenoxy) is 3. The molecular formula is C32H46N2O5S. The summed E-state index contributed by atoms with van der Waals surface area (Å²) in [5.74, 6) is 3.38. The number of thioether (sulfide) groups is 1. The normalized spacial score (nSPS) is 17.2. The molecule has 0 spiro atoms. The van der Waals surface area contributed by atoms with E-state index in [0.29, 0.717) is 18.1 Å². The number of hydrogen-bond donors (Lipinski definition) is 1. The van der Waals surface area contributed by atoms with Crippen LogP contribution in [-0.4, -0.2) is 66.6 Å². The Balaban J connectivity index is 1.26. The predicted octanol–water partition coefficient (Wildman–Crippen LogP) is 6.47. The molecule has 1 amide bonds. The molecule has 1 N–H and O–H groups in total. The van der Waals surface area contributed by atoms with Crippen molar-refractivity contribution >= 4 is 17.7 Å². The van der Waals surface area contributed by atoms with E-state index in [4.69, 9.17) is 14.2 Å². The minimum atomic E-state index is -0.195. The Kier molecular flexibility index (Phi) is 9.51. The molecule has 220 valence electrons. The number of fused-ring (bicyclic) bond motifs is 1. The van der Waals surface area contributed by atoms with E-state index < -0.39 is 0 Å². The van der Waals surface area contributed by atoms with Crippen LogP contribution in [0.4, 0.5) is 0 Å². The highest BCUT2D eigenvalue weighted by molar-refractivity contribution is 8.00. The third-order valence-corrected chi connectivity index (χ3v) is 8.78. The summed E-state index contributed by atoms with van der Waals surface area (Å²) in [6.45, 7) is 16.2. The van der Waals surface area contributed by atoms with Gasteiger partial charge in [0, 0.05) is 19.2 Å². The quantitative estimate of drug-likeness (QED) is 0.311. The van der Waals surface area contributed by atoms with Crippen LogP contribution in [0.3, 0.4) is 0 Å². The van der Waals surface area contributed by atoms with Gasteiger partial charge in [-0.05, 0) is 78.2 Å². The fourth-order valence-corrected chi connectivity index (χ4v) is 6.35. The zero-order valence-electron chi connectivity index (χ0n) is 25.2. The Bertz CT molecular complexity index is 1150. The van der Waals surface area contributed by atoms with E-state index in [1.807, 2.05) is 23.1 Å². The SMILES string of the molecule is CN(CCCCCN1C(=O)CSC1c1cc(C(C)(C)C)c(O)c(C(C)(C)C)c1)CCOc1ccc2c(c1)OCO2. The van der Waals surface area contributed by atoms with Crippen LogP contribution in [-0.2, 0) is 15.6 Å². The monoisotopic (exact) mass is 570 g/mol. The van der Waals surface area contributed by atoms with E-state index in [1.165, 1.54) is 0 Å². The highest BCUT2D eigenvalue weighted by atomic mass is 32.2. The first kappa shape index (κ1) is 30.4. The van der Waals surface area contributed by atoms with E-state index in [-0.39, 0.29) is 28.9 Å². The minimum absolute atomic E-state index is 0.00805. The summed E-state index contributed by atoms with van der Waals surface area (Å²) in [5.41, 5.74) is 2.62. The second-order valence-corrected chi connectivity index (χ2v) is 14.0. The Morgan fingerprint density at radius 2 is 1.65 bits per heavy atom. The van der Waals surface area contributed by atoms with Gasteiger partial charge in [0.05, 0.1) is 5.75 Å². The molecule has 0 aliphatic carbocycles. The maximum atomic E-state index is 12.9. The van der Waals surface area contributed by atoms with E-state index in [0.717, 1.165) is 72.8 Å². The van der Waals surface area contributed by atoms with Crippen LogP contribution in [0.15, 0.2) is 30.3 Å². The molecule has 7 nitrogen and oxygen atoms in total. The van der Waals surface area contributed by atoms with Gasteiger partial charge in [0.25, 0.3) is 0 Å². The van der Waals surface area contributed by atoms with E-state index in [2.05, 4.69) is 65.6 Å². The molecule has 1 saturated heterocycles. The summed E-state index contributed by atoms with van der Waals surface area (Å²) in [4.78, 5) is 17.2. The number of likely N-dealkylation sites (N-methyl/N-ethyl adjacent to an activating group) is 1. The van der Waals surface area contributed by atoms with Crippen LogP contribution in [0.25, 0.3) is 0 Å². The largest absolute Gasteiger partial charge is 0.507 e. The number of carbonyl (C=O) groups is 1. The third kappa shape index (κ3) is 7.38. The van der Waals surface area contributed by atoms with Crippen molar-refractivity contribution in [1.82, 2.24) is 9.80 Å². The maximum Gasteiger partial charge on any atom is 0.233 e. The lowest BCUT2D eigenvalue weighted by molar-refractivity contribution is -0.128. The first-order valence-corrected chi connectivity index (χ1v) is 15.4. The fraction of sp³-hybridized carbons (Fsp3) is 0.594. The summed E-state index contributed by atoms with van der Waals surface area (Å²) in [7, 11) is 2.12. The van der Waals surface area contributed by atoms with E-state index in [1.54, 1.807) is 11.8 Å². The molecule has 0 aromatic heterocycles. The second kappa shape index (κ2) is 12.5. The van der Waals surface area contributed by atoms with Crippen LogP contribution < -0.4 is 14.2 Å². The molecule has 0 bridgehead atoms. The van der Waals surface area contributed by atoms with Crippen LogP contribution in [0.1, 0.15) is 82.9 Å². The zero-order chi connectivity index (χ0) is 29.1. The van der Waals surface area contributed by atoms with Gasteiger partial charge in [-0.3, -0.25) is 4.79 Å². The number of benzene rings is 2. The Labute approximate surface area is 244 Å². The third-order valence-electron chi connectivity index (χ3n) is 7.53. The number of phenols is 1. The molecule has 2 aromatic carbocycles. The lowest BCUT2D eigenvalue weighted by Crippen LogP contribution is -2.30. The van der Waals surface area contributed by atoms with Crippen molar-refractivity contribution in [1.29, 1.82) is 0 Å². The molecule has 1 fully saturated rings. The molecule has 2 heterocycles. The number of hydrogen-bond acceptors (Lipinski definition) is 7. The molecule has 2 aromatic rings. The number of phenolic OH excluding ortho intramolecular Hbond substituents is 1. The number of carbonyl (C=O) groups excluding carboxylic acids is 1. The van der Waals surface area contributed by atoms with Gasteiger partial charge >= 0.3 is 0 Å². The Hall–Kier alpha value is -2.58. The lowest BCUT2D eigenvalue weighted by atomic mass is 9.78. The Morgan fingerprint density at radius 1 is 0.975 bits per heavy atom. The van der Waals surface area contributed by atoms with Gasteiger partial charge < -0.3 is 29.1 Å². The van der Waals surface area contributed by atoms with Crippen molar-refractivity contribution in [3.63, 3.8) is 0 Å². The van der Waals surface area contributed by atoms with Gasteiger partial charge in [0.2, 0.25) is 12.7 Å². The van der Waals surface area contributed by atoms with Crippen molar-refractivity contribution in [2.24, 2.45) is 0 Å². The first-order valence-electron chi connectivity index (χ1n) is 14.3. The van der Waals surface area contributed by atoms with Crippen molar-refractivity contribution in [3.8, 4) is 23.0 Å². The van der Waals surface area contributed by atoms with Gasteiger partial charge in [-0.15, -0.1) is 11.8 Å². The molecule has 2 aliphatic rings. The lowest BCUT2D eigenvalue weighted by Gasteiger charge is -2.31. The van der Waals surface area contributed by atoms with Crippen LogP contribution >= 0.6 is 11.8 Å². The molecule has 8 heteroatoms. The molecule has 4 rings (SSSR count). The molecular weight excluding hydrogens is 524 g/mol. The maximum absolute atomic E-state index is 12.9. The molecule has 1 atom stereocenters. The highest BCUT2D eigenvalue weighted by Crippen LogP contribution is 2.45. The van der Waals surface area contributed by atoms with Crippen molar-refractivity contribution in [2.45, 2.75) is 77.0 Å². The second-order valence-electron chi connectivity index (χ2n) is 12.9. The molecule has 0 radical (unpaired) electrons. The number of amides is 1. The first-order chi connectivity index (χ1) is 18.8. The summed E-state index contributed by atoms with van der Waals surface area (Å²) in [6, 6.07) is 9.90. The van der Waals surface area contributed by atoms with Crippen molar-refractivity contribution in [2.75, 3.05) is 45.8 Å². The summed E-state index contributed by atoms with van der Waals surface area (Å²) in [6.07, 6.45) is 3.10. The summed E-state index contributed by atoms with van der Waals surface area (Å²) >= 11 is 1.70. The van der Waals surface area contributed by atoms with Crippen molar-refractivity contribution < 1.29 is 24.1 Å². The summed E-state index contributed by atoms with van der Waals surface area (Å²) < 4.78 is 16.6. The molecule has 0 saturated carbocycles. The fourth-order valence-electron chi connectivity index (χ4n) is 5.15.